The van der Waals surface area contributed by atoms with Crippen LogP contribution < -0.4 is 10.2 Å². The summed E-state index contributed by atoms with van der Waals surface area (Å²) in [5.74, 6) is 0.366. The minimum absolute atomic E-state index is 0.0409. The van der Waals surface area contributed by atoms with Crippen LogP contribution in [0.3, 0.4) is 0 Å². The summed E-state index contributed by atoms with van der Waals surface area (Å²) >= 11 is 6.38. The molecule has 0 bridgehead atoms. The van der Waals surface area contributed by atoms with E-state index in [0.29, 0.717) is 40.9 Å². The molecule has 0 atom stereocenters. The average Bonchev–Trinajstić information content (AvgIpc) is 3.62. The molecule has 5 rings (SSSR count). The van der Waals surface area contributed by atoms with E-state index >= 15 is 0 Å². The Hall–Kier alpha value is -4.24. The summed E-state index contributed by atoms with van der Waals surface area (Å²) in [7, 11) is 0. The van der Waals surface area contributed by atoms with Gasteiger partial charge in [0.2, 0.25) is 5.91 Å². The second-order valence-electron chi connectivity index (χ2n) is 7.59. The highest BCUT2D eigenvalue weighted by Gasteiger charge is 2.24. The Morgan fingerprint density at radius 2 is 1.97 bits per heavy atom. The first-order chi connectivity index (χ1) is 16.6. The summed E-state index contributed by atoms with van der Waals surface area (Å²) in [6.07, 6.45) is 4.34. The molecule has 9 nitrogen and oxygen atoms in total. The van der Waals surface area contributed by atoms with E-state index in [1.54, 1.807) is 41.3 Å². The van der Waals surface area contributed by atoms with Gasteiger partial charge >= 0.3 is 0 Å². The average molecular weight is 475 g/mol. The molecule has 1 fully saturated rings. The van der Waals surface area contributed by atoms with Crippen LogP contribution in [0.15, 0.2) is 71.3 Å². The van der Waals surface area contributed by atoms with Gasteiger partial charge < -0.3 is 14.6 Å². The zero-order valence-corrected chi connectivity index (χ0v) is 18.6. The first-order valence-electron chi connectivity index (χ1n) is 10.6. The van der Waals surface area contributed by atoms with Crippen molar-refractivity contribution in [2.24, 2.45) is 0 Å². The van der Waals surface area contributed by atoms with Gasteiger partial charge in [-0.3, -0.25) is 9.59 Å². The summed E-state index contributed by atoms with van der Waals surface area (Å²) < 4.78 is 6.76. The van der Waals surface area contributed by atoms with Crippen molar-refractivity contribution in [3.8, 4) is 11.4 Å². The maximum atomic E-state index is 13.5. The number of hydrogen-bond donors (Lipinski definition) is 1. The van der Waals surface area contributed by atoms with E-state index in [2.05, 4.69) is 20.8 Å². The second kappa shape index (κ2) is 9.32. The molecule has 1 aliphatic rings. The van der Waals surface area contributed by atoms with Gasteiger partial charge in [-0.25, -0.2) is 0 Å². The number of anilines is 2. The molecule has 0 unspecified atom stereocenters. The lowest BCUT2D eigenvalue weighted by atomic mass is 10.2. The van der Waals surface area contributed by atoms with Gasteiger partial charge in [0.15, 0.2) is 5.82 Å². The van der Waals surface area contributed by atoms with Gasteiger partial charge in [0.1, 0.15) is 11.5 Å². The first-order valence-corrected chi connectivity index (χ1v) is 11.0. The van der Waals surface area contributed by atoms with Crippen molar-refractivity contribution in [3.63, 3.8) is 0 Å². The second-order valence-corrected chi connectivity index (χ2v) is 8.00. The van der Waals surface area contributed by atoms with E-state index in [4.69, 9.17) is 16.0 Å². The van der Waals surface area contributed by atoms with Crippen molar-refractivity contribution in [1.82, 2.24) is 20.2 Å². The molecule has 0 spiro atoms. The standard InChI is InChI=1S/C24H19ClN6O3/c25-19-11-10-17(30-12-4-9-22(30)32)14-20(19)26-24(33)21(15-18-8-5-13-34-18)31-23(27-28-29-31)16-6-2-1-3-7-16/h1-3,5-8,10-11,13-15H,4,9,12H2,(H,26,33)/b21-15-. The van der Waals surface area contributed by atoms with Crippen LogP contribution in [-0.4, -0.2) is 38.6 Å². The van der Waals surface area contributed by atoms with E-state index < -0.39 is 5.91 Å². The number of hydrogen-bond acceptors (Lipinski definition) is 6. The first kappa shape index (κ1) is 21.6. The van der Waals surface area contributed by atoms with Crippen LogP contribution in [0, 0.1) is 0 Å². The van der Waals surface area contributed by atoms with Crippen LogP contribution in [-0.2, 0) is 9.59 Å². The lowest BCUT2D eigenvalue weighted by Gasteiger charge is -2.18. The van der Waals surface area contributed by atoms with Crippen molar-refractivity contribution in [2.75, 3.05) is 16.8 Å². The molecule has 2 aromatic heterocycles. The number of nitrogens with one attached hydrogen (secondary N) is 1. The molecule has 1 aliphatic heterocycles. The molecular weight excluding hydrogens is 456 g/mol. The van der Waals surface area contributed by atoms with Crippen LogP contribution in [0.2, 0.25) is 5.02 Å². The zero-order chi connectivity index (χ0) is 23.5. The molecule has 1 N–H and O–H groups in total. The Kier molecular flexibility index (Phi) is 5.92. The van der Waals surface area contributed by atoms with E-state index in [1.165, 1.54) is 10.9 Å². The predicted molar refractivity (Wildman–Crippen MR) is 128 cm³/mol. The summed E-state index contributed by atoms with van der Waals surface area (Å²) in [4.78, 5) is 27.3. The molecular formula is C24H19ClN6O3. The molecule has 3 heterocycles. The number of amides is 2. The van der Waals surface area contributed by atoms with E-state index in [-0.39, 0.29) is 11.6 Å². The molecule has 2 amide bonds. The SMILES string of the molecule is O=C(Nc1cc(N2CCCC2=O)ccc1Cl)/C(=C/c1ccco1)n1nnnc1-c1ccccc1. The number of nitrogens with zero attached hydrogens (tertiary/aromatic N) is 5. The Balaban J connectivity index is 1.52. The van der Waals surface area contributed by atoms with Gasteiger partial charge in [-0.05, 0) is 47.2 Å². The molecule has 0 saturated carbocycles. The third kappa shape index (κ3) is 4.33. The van der Waals surface area contributed by atoms with Gasteiger partial charge in [-0.15, -0.1) is 5.10 Å². The molecule has 0 radical (unpaired) electrons. The molecule has 10 heteroatoms. The van der Waals surface area contributed by atoms with E-state index in [0.717, 1.165) is 12.0 Å². The highest BCUT2D eigenvalue weighted by atomic mass is 35.5. The van der Waals surface area contributed by atoms with Gasteiger partial charge in [0.05, 0.1) is 17.0 Å². The fourth-order valence-electron chi connectivity index (χ4n) is 3.73. The van der Waals surface area contributed by atoms with Crippen LogP contribution >= 0.6 is 11.6 Å². The summed E-state index contributed by atoms with van der Waals surface area (Å²) in [6, 6.07) is 17.8. The number of furan rings is 1. The van der Waals surface area contributed by atoms with Gasteiger partial charge in [-0.1, -0.05) is 41.9 Å². The molecule has 4 aromatic rings. The summed E-state index contributed by atoms with van der Waals surface area (Å²) in [5, 5.41) is 15.1. The van der Waals surface area contributed by atoms with Crippen LogP contribution in [0.1, 0.15) is 18.6 Å². The number of carbonyl (C=O) groups is 2. The van der Waals surface area contributed by atoms with Crippen molar-refractivity contribution >= 4 is 46.6 Å². The fraction of sp³-hybridized carbons (Fsp3) is 0.125. The summed E-state index contributed by atoms with van der Waals surface area (Å²) in [5.41, 5.74) is 1.89. The molecule has 1 saturated heterocycles. The van der Waals surface area contributed by atoms with Gasteiger partial charge in [0, 0.05) is 30.3 Å². The number of benzene rings is 2. The third-order valence-electron chi connectivity index (χ3n) is 5.37. The summed E-state index contributed by atoms with van der Waals surface area (Å²) in [6.45, 7) is 0.628. The number of tetrazole rings is 1. The minimum Gasteiger partial charge on any atom is -0.465 e. The maximum Gasteiger partial charge on any atom is 0.274 e. The number of aromatic nitrogens is 4. The Morgan fingerprint density at radius 3 is 2.71 bits per heavy atom. The van der Waals surface area contributed by atoms with Gasteiger partial charge in [-0.2, -0.15) is 4.68 Å². The monoisotopic (exact) mass is 474 g/mol. The van der Waals surface area contributed by atoms with Crippen LogP contribution in [0.5, 0.6) is 0 Å². The topological polar surface area (TPSA) is 106 Å². The number of carbonyl (C=O) groups excluding carboxylic acids is 2. The van der Waals surface area contributed by atoms with E-state index in [9.17, 15) is 9.59 Å². The minimum atomic E-state index is -0.507. The van der Waals surface area contributed by atoms with Gasteiger partial charge in [0.25, 0.3) is 5.91 Å². The quantitative estimate of drug-likeness (QED) is 0.416. The predicted octanol–water partition coefficient (Wildman–Crippen LogP) is 4.35. The Labute approximate surface area is 199 Å². The normalized spacial score (nSPS) is 14.0. The van der Waals surface area contributed by atoms with Crippen molar-refractivity contribution in [3.05, 3.63) is 77.7 Å². The van der Waals surface area contributed by atoms with E-state index in [1.807, 2.05) is 30.3 Å². The van der Waals surface area contributed by atoms with Crippen molar-refractivity contribution in [1.29, 1.82) is 0 Å². The smallest absolute Gasteiger partial charge is 0.274 e. The van der Waals surface area contributed by atoms with Crippen LogP contribution in [0.4, 0.5) is 11.4 Å². The molecule has 170 valence electrons. The Morgan fingerprint density at radius 1 is 1.12 bits per heavy atom. The largest absolute Gasteiger partial charge is 0.465 e. The lowest BCUT2D eigenvalue weighted by Crippen LogP contribution is -2.24. The maximum absolute atomic E-state index is 13.5. The third-order valence-corrected chi connectivity index (χ3v) is 5.70. The molecule has 34 heavy (non-hydrogen) atoms. The number of halogens is 1. The highest BCUT2D eigenvalue weighted by molar-refractivity contribution is 6.35. The van der Waals surface area contributed by atoms with Crippen molar-refractivity contribution in [2.45, 2.75) is 12.8 Å². The number of rotatable bonds is 6. The lowest BCUT2D eigenvalue weighted by molar-refractivity contribution is -0.117. The van der Waals surface area contributed by atoms with Crippen molar-refractivity contribution < 1.29 is 14.0 Å². The fourth-order valence-corrected chi connectivity index (χ4v) is 3.90. The highest BCUT2D eigenvalue weighted by Crippen LogP contribution is 2.31. The Bertz CT molecular complexity index is 1360. The van der Waals surface area contributed by atoms with Crippen LogP contribution in [0.25, 0.3) is 23.2 Å². The molecule has 0 aliphatic carbocycles. The molecule has 2 aromatic carbocycles. The zero-order valence-electron chi connectivity index (χ0n) is 17.9.